The monoisotopic (exact) mass is 484 g/mol. The molecule has 0 rings (SSSR count). The fourth-order valence-corrected chi connectivity index (χ4v) is 5.04. The summed E-state index contributed by atoms with van der Waals surface area (Å²) in [5, 5.41) is 3.22. The maximum atomic E-state index is 4.58. The molecule has 0 amide bonds. The highest BCUT2D eigenvalue weighted by atomic mass is 15.1. The van der Waals surface area contributed by atoms with Crippen molar-refractivity contribution < 1.29 is 0 Å². The average molecular weight is 485 g/mol. The second-order valence-electron chi connectivity index (χ2n) is 10.6. The van der Waals surface area contributed by atoms with Crippen LogP contribution in [0, 0.1) is 11.8 Å². The lowest BCUT2D eigenvalue weighted by molar-refractivity contribution is 0.271. The van der Waals surface area contributed by atoms with E-state index in [0.717, 1.165) is 57.7 Å². The highest BCUT2D eigenvalue weighted by Crippen LogP contribution is 2.33. The summed E-state index contributed by atoms with van der Waals surface area (Å²) in [4.78, 5) is 2.46. The SMILES string of the molecule is C=CC(=C/CCC)/C(CCC)=C(/C)C(=C)CC(CC)CC(CCC)CCN(C)CC(=C)CCNC. The maximum absolute atomic E-state index is 4.58. The van der Waals surface area contributed by atoms with Crippen LogP contribution in [0.15, 0.2) is 59.8 Å². The number of likely N-dealkylation sites (N-methyl/N-ethyl adjacent to an activating group) is 1. The minimum absolute atomic E-state index is 0.708. The fourth-order valence-electron chi connectivity index (χ4n) is 5.04. The van der Waals surface area contributed by atoms with Crippen LogP contribution in [-0.2, 0) is 0 Å². The molecule has 0 aliphatic rings. The Morgan fingerprint density at radius 1 is 0.971 bits per heavy atom. The molecule has 2 unspecified atom stereocenters. The molecule has 0 fully saturated rings. The third kappa shape index (κ3) is 14.7. The number of unbranched alkanes of at least 4 members (excludes halogenated alkanes) is 1. The van der Waals surface area contributed by atoms with Gasteiger partial charge >= 0.3 is 0 Å². The number of nitrogens with zero attached hydrogens (tertiary/aromatic N) is 1. The van der Waals surface area contributed by atoms with Gasteiger partial charge in [0, 0.05) is 6.54 Å². The second-order valence-corrected chi connectivity index (χ2v) is 10.6. The Morgan fingerprint density at radius 3 is 2.23 bits per heavy atom. The Balaban J connectivity index is 5.23. The van der Waals surface area contributed by atoms with E-state index in [1.165, 1.54) is 66.4 Å². The molecular weight excluding hydrogens is 424 g/mol. The smallest absolute Gasteiger partial charge is 0.0187 e. The molecule has 202 valence electrons. The minimum Gasteiger partial charge on any atom is -0.319 e. The summed E-state index contributed by atoms with van der Waals surface area (Å²) in [5.74, 6) is 1.50. The van der Waals surface area contributed by atoms with Crippen molar-refractivity contribution in [2.75, 3.05) is 33.7 Å². The zero-order valence-electron chi connectivity index (χ0n) is 24.8. The zero-order valence-corrected chi connectivity index (χ0v) is 24.8. The van der Waals surface area contributed by atoms with Crippen LogP contribution in [0.1, 0.15) is 105 Å². The molecule has 2 atom stereocenters. The topological polar surface area (TPSA) is 15.3 Å². The van der Waals surface area contributed by atoms with Gasteiger partial charge < -0.3 is 10.2 Å². The fraction of sp³-hybridized carbons (Fsp3) is 0.697. The highest BCUT2D eigenvalue weighted by Gasteiger charge is 2.18. The number of hydrogen-bond donors (Lipinski definition) is 1. The molecular formula is C33H60N2. The Morgan fingerprint density at radius 2 is 1.69 bits per heavy atom. The normalized spacial score (nSPS) is 14.6. The highest BCUT2D eigenvalue weighted by molar-refractivity contribution is 5.47. The summed E-state index contributed by atoms with van der Waals surface area (Å²) in [6.45, 7) is 27.7. The number of hydrogen-bond acceptors (Lipinski definition) is 2. The first-order valence-corrected chi connectivity index (χ1v) is 14.5. The molecule has 0 aromatic rings. The molecule has 2 nitrogen and oxygen atoms in total. The second kappa shape index (κ2) is 20.8. The van der Waals surface area contributed by atoms with E-state index in [1.807, 2.05) is 7.05 Å². The van der Waals surface area contributed by atoms with Crippen LogP contribution in [0.25, 0.3) is 0 Å². The summed E-state index contributed by atoms with van der Waals surface area (Å²) in [6.07, 6.45) is 17.6. The van der Waals surface area contributed by atoms with E-state index in [9.17, 15) is 0 Å². The molecule has 0 aromatic carbocycles. The van der Waals surface area contributed by atoms with Gasteiger partial charge in [-0.1, -0.05) is 103 Å². The van der Waals surface area contributed by atoms with Gasteiger partial charge in [-0.05, 0) is 101 Å². The van der Waals surface area contributed by atoms with E-state index in [4.69, 9.17) is 0 Å². The van der Waals surface area contributed by atoms with Gasteiger partial charge in [-0.25, -0.2) is 0 Å². The van der Waals surface area contributed by atoms with Crippen LogP contribution < -0.4 is 5.32 Å². The first-order chi connectivity index (χ1) is 16.8. The molecule has 0 radical (unpaired) electrons. The largest absolute Gasteiger partial charge is 0.319 e. The maximum Gasteiger partial charge on any atom is 0.0187 e. The predicted molar refractivity (Wildman–Crippen MR) is 161 cm³/mol. The lowest BCUT2D eigenvalue weighted by Gasteiger charge is -2.26. The van der Waals surface area contributed by atoms with E-state index in [1.54, 1.807) is 0 Å². The van der Waals surface area contributed by atoms with Crippen molar-refractivity contribution in [2.24, 2.45) is 11.8 Å². The van der Waals surface area contributed by atoms with Gasteiger partial charge in [0.1, 0.15) is 0 Å². The third-order valence-corrected chi connectivity index (χ3v) is 7.32. The van der Waals surface area contributed by atoms with E-state index in [2.05, 4.69) is 83.8 Å². The average Bonchev–Trinajstić information content (AvgIpc) is 2.84. The van der Waals surface area contributed by atoms with E-state index < -0.39 is 0 Å². The van der Waals surface area contributed by atoms with Crippen LogP contribution in [0.5, 0.6) is 0 Å². The van der Waals surface area contributed by atoms with Crippen LogP contribution >= 0.6 is 0 Å². The molecule has 1 N–H and O–H groups in total. The Hall–Kier alpha value is -1.38. The molecule has 0 saturated heterocycles. The lowest BCUT2D eigenvalue weighted by atomic mass is 9.81. The van der Waals surface area contributed by atoms with Crippen molar-refractivity contribution >= 4 is 0 Å². The Kier molecular flexibility index (Phi) is 20.0. The summed E-state index contributed by atoms with van der Waals surface area (Å²) in [7, 11) is 4.26. The molecule has 0 bridgehead atoms. The number of nitrogens with one attached hydrogen (secondary N) is 1. The predicted octanol–water partition coefficient (Wildman–Crippen LogP) is 9.28. The van der Waals surface area contributed by atoms with Crippen LogP contribution in [0.2, 0.25) is 0 Å². The van der Waals surface area contributed by atoms with Crippen molar-refractivity contribution in [3.05, 3.63) is 59.8 Å². The van der Waals surface area contributed by atoms with Crippen molar-refractivity contribution in [1.29, 1.82) is 0 Å². The molecule has 0 saturated carbocycles. The van der Waals surface area contributed by atoms with Crippen LogP contribution in [0.4, 0.5) is 0 Å². The van der Waals surface area contributed by atoms with Crippen LogP contribution in [-0.4, -0.2) is 38.6 Å². The van der Waals surface area contributed by atoms with E-state index in [0.29, 0.717) is 5.92 Å². The van der Waals surface area contributed by atoms with Gasteiger partial charge in [-0.15, -0.1) is 0 Å². The summed E-state index contributed by atoms with van der Waals surface area (Å²) >= 11 is 0. The molecule has 0 aromatic heterocycles. The molecule has 0 spiro atoms. The van der Waals surface area contributed by atoms with E-state index in [-0.39, 0.29) is 0 Å². The van der Waals surface area contributed by atoms with Crippen LogP contribution in [0.3, 0.4) is 0 Å². The van der Waals surface area contributed by atoms with Gasteiger partial charge in [0.25, 0.3) is 0 Å². The first kappa shape index (κ1) is 33.6. The Labute approximate surface area is 220 Å². The first-order valence-electron chi connectivity index (χ1n) is 14.5. The van der Waals surface area contributed by atoms with Gasteiger partial charge in [0.05, 0.1) is 0 Å². The summed E-state index contributed by atoms with van der Waals surface area (Å²) in [6, 6.07) is 0. The lowest BCUT2D eigenvalue weighted by Crippen LogP contribution is -2.25. The van der Waals surface area contributed by atoms with Gasteiger partial charge in [0.15, 0.2) is 0 Å². The third-order valence-electron chi connectivity index (χ3n) is 7.32. The van der Waals surface area contributed by atoms with Crippen molar-refractivity contribution in [1.82, 2.24) is 10.2 Å². The van der Waals surface area contributed by atoms with Gasteiger partial charge in [-0.2, -0.15) is 0 Å². The van der Waals surface area contributed by atoms with Gasteiger partial charge in [0.2, 0.25) is 0 Å². The quantitative estimate of drug-likeness (QED) is 0.122. The minimum atomic E-state index is 0.708. The Bertz CT molecular complexity index is 667. The summed E-state index contributed by atoms with van der Waals surface area (Å²) < 4.78 is 0. The van der Waals surface area contributed by atoms with E-state index >= 15 is 0 Å². The number of rotatable bonds is 22. The van der Waals surface area contributed by atoms with Crippen molar-refractivity contribution in [3.8, 4) is 0 Å². The molecule has 0 aliphatic carbocycles. The molecule has 0 heterocycles. The summed E-state index contributed by atoms with van der Waals surface area (Å²) in [5.41, 5.74) is 6.84. The van der Waals surface area contributed by atoms with Gasteiger partial charge in [-0.3, -0.25) is 0 Å². The number of allylic oxidation sites excluding steroid dienone is 6. The van der Waals surface area contributed by atoms with Crippen molar-refractivity contribution in [2.45, 2.75) is 105 Å². The molecule has 2 heteroatoms. The molecule has 0 aliphatic heterocycles. The molecule has 35 heavy (non-hydrogen) atoms. The zero-order chi connectivity index (χ0) is 26.6. The standard InChI is InChI=1S/C33H60N2/c1-11-16-19-32(15-5)33(18-13-3)29(8)28(7)24-30(14-4)25-31(17-12-2)21-23-35(10)26-27(6)20-22-34-9/h15,19,30-31,34H,5-7,11-14,16-18,20-26H2,1-4,8-10H3/b32-19-,33-29-. The van der Waals surface area contributed by atoms with Crippen molar-refractivity contribution in [3.63, 3.8) is 0 Å².